The van der Waals surface area contributed by atoms with Crippen LogP contribution < -0.4 is 0 Å². The molecule has 2 atom stereocenters. The van der Waals surface area contributed by atoms with E-state index in [1.807, 2.05) is 0 Å². The second kappa shape index (κ2) is 5.11. The Hall–Kier alpha value is -1.66. The molecule has 0 N–H and O–H groups in total. The number of nitro groups is 1. The van der Waals surface area contributed by atoms with E-state index in [9.17, 15) is 19.7 Å². The van der Waals surface area contributed by atoms with Gasteiger partial charge in [-0.1, -0.05) is 0 Å². The minimum atomic E-state index is -0.790. The molecule has 0 bridgehead atoms. The Morgan fingerprint density at radius 1 is 1.53 bits per heavy atom. The maximum atomic E-state index is 11.9. The second-order valence-corrected chi connectivity index (χ2v) is 4.33. The number of carbonyl (C=O) groups excluding carboxylic acids is 2. The van der Waals surface area contributed by atoms with Crippen molar-refractivity contribution in [3.8, 4) is 0 Å². The van der Waals surface area contributed by atoms with Crippen LogP contribution in [-0.2, 0) is 14.3 Å². The number of hydrogen-bond acceptors (Lipinski definition) is 5. The molecule has 96 valence electrons. The summed E-state index contributed by atoms with van der Waals surface area (Å²) in [6.07, 6.45) is 0.260. The van der Waals surface area contributed by atoms with Crippen LogP contribution in [0.3, 0.4) is 0 Å². The molecule has 2 unspecified atom stereocenters. The van der Waals surface area contributed by atoms with Gasteiger partial charge in [-0.15, -0.1) is 0 Å². The molecule has 7 heteroatoms. The van der Waals surface area contributed by atoms with E-state index in [0.717, 1.165) is 0 Å². The summed E-state index contributed by atoms with van der Waals surface area (Å²) in [5.41, 5.74) is 0. The number of ether oxygens (including phenoxy) is 1. The van der Waals surface area contributed by atoms with E-state index in [0.29, 0.717) is 0 Å². The van der Waals surface area contributed by atoms with Crippen molar-refractivity contribution in [3.63, 3.8) is 0 Å². The Kier molecular flexibility index (Phi) is 4.03. The molecule has 1 aliphatic rings. The Bertz CT molecular complexity index is 342. The number of amides is 1. The maximum Gasteiger partial charge on any atom is 0.325 e. The van der Waals surface area contributed by atoms with Crippen molar-refractivity contribution in [2.24, 2.45) is 5.92 Å². The smallest absolute Gasteiger partial charge is 0.325 e. The Morgan fingerprint density at radius 2 is 2.12 bits per heavy atom. The first-order valence-corrected chi connectivity index (χ1v) is 5.39. The summed E-state index contributed by atoms with van der Waals surface area (Å²) in [6.45, 7) is 3.35. The van der Waals surface area contributed by atoms with E-state index in [-0.39, 0.29) is 24.9 Å². The lowest BCUT2D eigenvalue weighted by Gasteiger charge is -2.25. The summed E-state index contributed by atoms with van der Waals surface area (Å²) in [4.78, 5) is 34.4. The van der Waals surface area contributed by atoms with Crippen LogP contribution in [0, 0.1) is 16.0 Å². The zero-order valence-electron chi connectivity index (χ0n) is 10.1. The number of rotatable bonds is 5. The van der Waals surface area contributed by atoms with Crippen molar-refractivity contribution in [2.45, 2.75) is 32.4 Å². The standard InChI is InChI=1S/C10H16N2O5/c1-6(2)11(5-9(13)17-3)10(14)7-4-8(7)12(15)16/h6-8H,4-5H2,1-3H3. The first kappa shape index (κ1) is 13.4. The van der Waals surface area contributed by atoms with Gasteiger partial charge in [-0.25, -0.2) is 0 Å². The van der Waals surface area contributed by atoms with Crippen LogP contribution in [0.1, 0.15) is 20.3 Å². The van der Waals surface area contributed by atoms with Gasteiger partial charge >= 0.3 is 5.97 Å². The van der Waals surface area contributed by atoms with E-state index in [1.54, 1.807) is 13.8 Å². The van der Waals surface area contributed by atoms with Crippen molar-refractivity contribution < 1.29 is 19.2 Å². The van der Waals surface area contributed by atoms with Gasteiger partial charge in [0.25, 0.3) is 0 Å². The van der Waals surface area contributed by atoms with Gasteiger partial charge in [-0.2, -0.15) is 0 Å². The highest BCUT2D eigenvalue weighted by atomic mass is 16.6. The lowest BCUT2D eigenvalue weighted by Crippen LogP contribution is -2.42. The molecule has 1 rings (SSSR count). The fourth-order valence-electron chi connectivity index (χ4n) is 1.61. The van der Waals surface area contributed by atoms with Gasteiger partial charge in [-0.05, 0) is 13.8 Å². The summed E-state index contributed by atoms with van der Waals surface area (Å²) in [6, 6.07) is -0.976. The van der Waals surface area contributed by atoms with Gasteiger partial charge in [-0.3, -0.25) is 19.7 Å². The van der Waals surface area contributed by atoms with Gasteiger partial charge in [0.1, 0.15) is 12.5 Å². The van der Waals surface area contributed by atoms with Gasteiger partial charge in [0.2, 0.25) is 11.9 Å². The lowest BCUT2D eigenvalue weighted by molar-refractivity contribution is -0.497. The van der Waals surface area contributed by atoms with E-state index in [1.165, 1.54) is 12.0 Å². The van der Waals surface area contributed by atoms with Crippen LogP contribution in [0.15, 0.2) is 0 Å². The predicted molar refractivity (Wildman–Crippen MR) is 57.8 cm³/mol. The van der Waals surface area contributed by atoms with Crippen molar-refractivity contribution in [3.05, 3.63) is 10.1 Å². The number of carbonyl (C=O) groups is 2. The topological polar surface area (TPSA) is 89.8 Å². The molecule has 0 heterocycles. The number of hydrogen-bond donors (Lipinski definition) is 0. The van der Waals surface area contributed by atoms with E-state index < -0.39 is 22.9 Å². The molecule has 7 nitrogen and oxygen atoms in total. The van der Waals surface area contributed by atoms with E-state index >= 15 is 0 Å². The molecular formula is C10H16N2O5. The zero-order chi connectivity index (χ0) is 13.2. The van der Waals surface area contributed by atoms with Crippen molar-refractivity contribution in [1.82, 2.24) is 4.90 Å². The molecule has 1 fully saturated rings. The molecule has 0 aromatic rings. The Morgan fingerprint density at radius 3 is 2.47 bits per heavy atom. The molecule has 1 amide bonds. The van der Waals surface area contributed by atoms with Gasteiger partial charge in [0, 0.05) is 17.4 Å². The molecule has 0 saturated heterocycles. The average molecular weight is 244 g/mol. The summed E-state index contributed by atoms with van der Waals surface area (Å²) < 4.78 is 4.49. The molecule has 0 aromatic heterocycles. The van der Waals surface area contributed by atoms with Crippen LogP contribution in [0.4, 0.5) is 0 Å². The quantitative estimate of drug-likeness (QED) is 0.387. The predicted octanol–water partition coefficient (Wildman–Crippen LogP) is 0.0616. The molecule has 0 aromatic carbocycles. The van der Waals surface area contributed by atoms with Gasteiger partial charge in [0.15, 0.2) is 0 Å². The average Bonchev–Trinajstić information content (AvgIpc) is 3.03. The third kappa shape index (κ3) is 3.15. The molecule has 0 spiro atoms. The Balaban J connectivity index is 2.63. The summed E-state index contributed by atoms with van der Waals surface area (Å²) in [5, 5.41) is 10.5. The summed E-state index contributed by atoms with van der Waals surface area (Å²) >= 11 is 0. The van der Waals surface area contributed by atoms with Crippen LogP contribution in [0.5, 0.6) is 0 Å². The van der Waals surface area contributed by atoms with E-state index in [4.69, 9.17) is 0 Å². The third-order valence-electron chi connectivity index (χ3n) is 2.78. The monoisotopic (exact) mass is 244 g/mol. The lowest BCUT2D eigenvalue weighted by atomic mass is 10.2. The largest absolute Gasteiger partial charge is 0.468 e. The minimum Gasteiger partial charge on any atom is -0.468 e. The maximum absolute atomic E-state index is 11.9. The van der Waals surface area contributed by atoms with E-state index in [2.05, 4.69) is 4.74 Å². The summed E-state index contributed by atoms with van der Waals surface area (Å²) in [5.74, 6) is -1.45. The molecular weight excluding hydrogens is 228 g/mol. The highest BCUT2D eigenvalue weighted by molar-refractivity contribution is 5.86. The normalized spacial score (nSPS) is 22.1. The molecule has 17 heavy (non-hydrogen) atoms. The van der Waals surface area contributed by atoms with Crippen molar-refractivity contribution in [2.75, 3.05) is 13.7 Å². The first-order chi connectivity index (χ1) is 7.88. The summed E-state index contributed by atoms with van der Waals surface area (Å²) in [7, 11) is 1.24. The number of nitrogens with zero attached hydrogens (tertiary/aromatic N) is 2. The SMILES string of the molecule is COC(=O)CN(C(=O)C1CC1[N+](=O)[O-])C(C)C. The first-order valence-electron chi connectivity index (χ1n) is 5.39. The fourth-order valence-corrected chi connectivity index (χ4v) is 1.61. The van der Waals surface area contributed by atoms with Crippen LogP contribution in [0.2, 0.25) is 0 Å². The zero-order valence-corrected chi connectivity index (χ0v) is 10.1. The Labute approximate surface area is 98.9 Å². The molecule has 0 radical (unpaired) electrons. The number of esters is 1. The fraction of sp³-hybridized carbons (Fsp3) is 0.800. The molecule has 1 aliphatic carbocycles. The van der Waals surface area contributed by atoms with Crippen LogP contribution in [0.25, 0.3) is 0 Å². The van der Waals surface area contributed by atoms with Crippen LogP contribution >= 0.6 is 0 Å². The van der Waals surface area contributed by atoms with Crippen molar-refractivity contribution in [1.29, 1.82) is 0 Å². The molecule has 1 saturated carbocycles. The van der Waals surface area contributed by atoms with Crippen molar-refractivity contribution >= 4 is 11.9 Å². The minimum absolute atomic E-state index is 0.159. The second-order valence-electron chi connectivity index (χ2n) is 4.33. The molecule has 0 aliphatic heterocycles. The van der Waals surface area contributed by atoms with Crippen LogP contribution in [-0.4, -0.2) is 47.4 Å². The number of methoxy groups -OCH3 is 1. The highest BCUT2D eigenvalue weighted by Gasteiger charge is 2.55. The van der Waals surface area contributed by atoms with Gasteiger partial charge < -0.3 is 9.64 Å². The van der Waals surface area contributed by atoms with Gasteiger partial charge in [0.05, 0.1) is 7.11 Å². The third-order valence-corrected chi connectivity index (χ3v) is 2.78. The highest BCUT2D eigenvalue weighted by Crippen LogP contribution is 2.35.